The molecule has 2 heterocycles. The maximum atomic E-state index is 13.3. The SMILES string of the molecule is Cc1ccccc1N=C1SC(CC(=O)Nc2ccccc2Br)C(=O)N1Cc1ccccn1. The number of rotatable bonds is 6. The highest BCUT2D eigenvalue weighted by molar-refractivity contribution is 9.10. The van der Waals surface area contributed by atoms with Gasteiger partial charge in [-0.2, -0.15) is 0 Å². The average molecular weight is 509 g/mol. The number of pyridine rings is 1. The van der Waals surface area contributed by atoms with Crippen molar-refractivity contribution in [1.82, 2.24) is 9.88 Å². The van der Waals surface area contributed by atoms with Crippen molar-refractivity contribution in [1.29, 1.82) is 0 Å². The minimum absolute atomic E-state index is 0.0519. The number of hydrogen-bond acceptors (Lipinski definition) is 5. The summed E-state index contributed by atoms with van der Waals surface area (Å²) in [4.78, 5) is 36.7. The molecular formula is C24H21BrN4O2S. The highest BCUT2D eigenvalue weighted by Crippen LogP contribution is 2.34. The van der Waals surface area contributed by atoms with Crippen LogP contribution in [0.25, 0.3) is 0 Å². The molecule has 3 aromatic rings. The largest absolute Gasteiger partial charge is 0.325 e. The van der Waals surface area contributed by atoms with Crippen LogP contribution in [0.1, 0.15) is 17.7 Å². The number of aromatic nitrogens is 1. The Morgan fingerprint density at radius 1 is 1.12 bits per heavy atom. The van der Waals surface area contributed by atoms with E-state index >= 15 is 0 Å². The summed E-state index contributed by atoms with van der Waals surface area (Å²) in [6.07, 6.45) is 1.75. The van der Waals surface area contributed by atoms with E-state index in [-0.39, 0.29) is 18.2 Å². The minimum atomic E-state index is -0.552. The van der Waals surface area contributed by atoms with Crippen LogP contribution in [-0.4, -0.2) is 32.1 Å². The quantitative estimate of drug-likeness (QED) is 0.489. The van der Waals surface area contributed by atoms with E-state index in [1.165, 1.54) is 11.8 Å². The highest BCUT2D eigenvalue weighted by atomic mass is 79.9. The lowest BCUT2D eigenvalue weighted by atomic mass is 10.2. The van der Waals surface area contributed by atoms with E-state index in [1.807, 2.05) is 73.7 Å². The fourth-order valence-electron chi connectivity index (χ4n) is 3.25. The molecule has 2 amide bonds. The van der Waals surface area contributed by atoms with Crippen LogP contribution < -0.4 is 5.32 Å². The zero-order chi connectivity index (χ0) is 22.5. The Kier molecular flexibility index (Phi) is 7.02. The van der Waals surface area contributed by atoms with Gasteiger partial charge in [-0.15, -0.1) is 0 Å². The Morgan fingerprint density at radius 2 is 1.88 bits per heavy atom. The molecule has 0 radical (unpaired) electrons. The van der Waals surface area contributed by atoms with Crippen LogP contribution in [0.3, 0.4) is 0 Å². The van der Waals surface area contributed by atoms with Gasteiger partial charge >= 0.3 is 0 Å². The molecule has 1 aromatic heterocycles. The molecule has 1 saturated heterocycles. The normalized spacial score (nSPS) is 17.1. The van der Waals surface area contributed by atoms with Crippen LogP contribution in [0, 0.1) is 6.92 Å². The van der Waals surface area contributed by atoms with Gasteiger partial charge in [0.25, 0.3) is 0 Å². The van der Waals surface area contributed by atoms with Crippen LogP contribution in [0.15, 0.2) is 82.4 Å². The molecule has 1 aliphatic rings. The summed E-state index contributed by atoms with van der Waals surface area (Å²) in [5.41, 5.74) is 3.25. The van der Waals surface area contributed by atoms with Crippen LogP contribution in [0.4, 0.5) is 11.4 Å². The van der Waals surface area contributed by atoms with Crippen molar-refractivity contribution >= 4 is 56.0 Å². The van der Waals surface area contributed by atoms with E-state index in [0.717, 1.165) is 21.4 Å². The van der Waals surface area contributed by atoms with Crippen LogP contribution in [-0.2, 0) is 16.1 Å². The zero-order valence-electron chi connectivity index (χ0n) is 17.4. The smallest absolute Gasteiger partial charge is 0.243 e. The first-order valence-electron chi connectivity index (χ1n) is 10.1. The predicted octanol–water partition coefficient (Wildman–Crippen LogP) is 5.31. The number of benzene rings is 2. The summed E-state index contributed by atoms with van der Waals surface area (Å²) in [6, 6.07) is 20.7. The van der Waals surface area contributed by atoms with Gasteiger partial charge in [0.05, 0.1) is 23.6 Å². The van der Waals surface area contributed by atoms with E-state index < -0.39 is 5.25 Å². The number of aryl methyl sites for hydroxylation is 1. The number of aliphatic imine (C=N–C) groups is 1. The van der Waals surface area contributed by atoms with Gasteiger partial charge < -0.3 is 5.32 Å². The number of nitrogens with zero attached hydrogens (tertiary/aromatic N) is 3. The van der Waals surface area contributed by atoms with Gasteiger partial charge in [0.15, 0.2) is 5.17 Å². The molecule has 162 valence electrons. The molecule has 8 heteroatoms. The molecule has 2 aromatic carbocycles. The van der Waals surface area contributed by atoms with Gasteiger partial charge in [-0.1, -0.05) is 48.2 Å². The average Bonchev–Trinajstić information content (AvgIpc) is 3.06. The summed E-state index contributed by atoms with van der Waals surface area (Å²) in [5, 5.41) is 2.90. The van der Waals surface area contributed by atoms with Crippen LogP contribution in [0.2, 0.25) is 0 Å². The third-order valence-corrected chi connectivity index (χ3v) is 6.78. The van der Waals surface area contributed by atoms with Crippen molar-refractivity contribution in [2.45, 2.75) is 25.1 Å². The Hall–Kier alpha value is -2.97. The first-order valence-corrected chi connectivity index (χ1v) is 11.7. The third kappa shape index (κ3) is 5.26. The number of hydrogen-bond donors (Lipinski definition) is 1. The maximum Gasteiger partial charge on any atom is 0.243 e. The Bertz CT molecular complexity index is 1170. The Labute approximate surface area is 199 Å². The number of nitrogens with one attached hydrogen (secondary N) is 1. The molecule has 1 fully saturated rings. The molecular weight excluding hydrogens is 488 g/mol. The number of carbonyl (C=O) groups excluding carboxylic acids is 2. The first-order chi connectivity index (χ1) is 15.5. The molecule has 0 aliphatic carbocycles. The second-order valence-corrected chi connectivity index (χ2v) is 9.29. The summed E-state index contributed by atoms with van der Waals surface area (Å²) in [5.74, 6) is -0.368. The van der Waals surface area contributed by atoms with Crippen molar-refractivity contribution in [2.24, 2.45) is 4.99 Å². The van der Waals surface area contributed by atoms with Gasteiger partial charge in [0.1, 0.15) is 5.25 Å². The second-order valence-electron chi connectivity index (χ2n) is 7.26. The molecule has 1 aliphatic heterocycles. The van der Waals surface area contributed by atoms with E-state index in [1.54, 1.807) is 11.1 Å². The first kappa shape index (κ1) is 22.2. The molecule has 0 spiro atoms. The fraction of sp³-hybridized carbons (Fsp3) is 0.167. The summed E-state index contributed by atoms with van der Waals surface area (Å²) in [6.45, 7) is 2.28. The van der Waals surface area contributed by atoms with Gasteiger partial charge in [-0.3, -0.25) is 19.5 Å². The Balaban J connectivity index is 1.56. The molecule has 0 saturated carbocycles. The van der Waals surface area contributed by atoms with Crippen LogP contribution in [0.5, 0.6) is 0 Å². The van der Waals surface area contributed by atoms with E-state index in [9.17, 15) is 9.59 Å². The highest BCUT2D eigenvalue weighted by Gasteiger charge is 2.39. The molecule has 4 rings (SSSR count). The van der Waals surface area contributed by atoms with Gasteiger partial charge in [0, 0.05) is 17.1 Å². The van der Waals surface area contributed by atoms with Crippen molar-refractivity contribution in [2.75, 3.05) is 5.32 Å². The molecule has 1 N–H and O–H groups in total. The summed E-state index contributed by atoms with van der Waals surface area (Å²) < 4.78 is 0.789. The third-order valence-electron chi connectivity index (χ3n) is 4.92. The summed E-state index contributed by atoms with van der Waals surface area (Å²) in [7, 11) is 0. The van der Waals surface area contributed by atoms with Crippen molar-refractivity contribution in [3.63, 3.8) is 0 Å². The lowest BCUT2D eigenvalue weighted by Crippen LogP contribution is -2.33. The topological polar surface area (TPSA) is 74.7 Å². The molecule has 1 unspecified atom stereocenters. The van der Waals surface area contributed by atoms with Crippen molar-refractivity contribution in [3.05, 3.63) is 88.7 Å². The van der Waals surface area contributed by atoms with Crippen LogP contribution >= 0.6 is 27.7 Å². The van der Waals surface area contributed by atoms with E-state index in [2.05, 4.69) is 26.2 Å². The predicted molar refractivity (Wildman–Crippen MR) is 132 cm³/mol. The number of halogens is 1. The Morgan fingerprint density at radius 3 is 2.62 bits per heavy atom. The molecule has 0 bridgehead atoms. The lowest BCUT2D eigenvalue weighted by molar-refractivity contribution is -0.128. The molecule has 1 atom stereocenters. The number of amides is 2. The lowest BCUT2D eigenvalue weighted by Gasteiger charge is -2.16. The van der Waals surface area contributed by atoms with Crippen molar-refractivity contribution in [3.8, 4) is 0 Å². The zero-order valence-corrected chi connectivity index (χ0v) is 19.8. The van der Waals surface area contributed by atoms with Crippen molar-refractivity contribution < 1.29 is 9.59 Å². The van der Waals surface area contributed by atoms with Gasteiger partial charge in [0.2, 0.25) is 11.8 Å². The van der Waals surface area contributed by atoms with Gasteiger partial charge in [-0.25, -0.2) is 4.99 Å². The molecule has 32 heavy (non-hydrogen) atoms. The number of carbonyl (C=O) groups is 2. The minimum Gasteiger partial charge on any atom is -0.325 e. The number of thioether (sulfide) groups is 1. The molecule has 6 nitrogen and oxygen atoms in total. The maximum absolute atomic E-state index is 13.3. The second kappa shape index (κ2) is 10.1. The van der Waals surface area contributed by atoms with Gasteiger partial charge in [-0.05, 0) is 58.7 Å². The standard InChI is InChI=1S/C24H21BrN4O2S/c1-16-8-2-4-11-19(16)28-24-29(15-17-9-6-7-13-26-17)23(31)21(32-24)14-22(30)27-20-12-5-3-10-18(20)25/h2-13,21H,14-15H2,1H3,(H,27,30). The number of anilines is 1. The summed E-state index contributed by atoms with van der Waals surface area (Å²) >= 11 is 4.75. The van der Waals surface area contributed by atoms with E-state index in [4.69, 9.17) is 4.99 Å². The number of amidine groups is 1. The fourth-order valence-corrected chi connectivity index (χ4v) is 4.78. The van der Waals surface area contributed by atoms with E-state index in [0.29, 0.717) is 17.4 Å². The number of para-hydroxylation sites is 2. The monoisotopic (exact) mass is 508 g/mol.